The van der Waals surface area contributed by atoms with Crippen molar-refractivity contribution in [3.05, 3.63) is 33.8 Å². The molecule has 0 aliphatic carbocycles. The van der Waals surface area contributed by atoms with E-state index in [1.54, 1.807) is 0 Å². The normalized spacial score (nSPS) is 12.9. The first kappa shape index (κ1) is 11.7. The van der Waals surface area contributed by atoms with Crippen molar-refractivity contribution in [1.29, 1.82) is 0 Å². The van der Waals surface area contributed by atoms with Crippen molar-refractivity contribution in [3.63, 3.8) is 0 Å². The molecule has 0 aliphatic rings. The van der Waals surface area contributed by atoms with Gasteiger partial charge in [0, 0.05) is 11.1 Å². The Labute approximate surface area is 93.3 Å². The number of aryl methyl sites for hydroxylation is 1. The summed E-state index contributed by atoms with van der Waals surface area (Å²) in [5.74, 6) is 0.171. The minimum atomic E-state index is 0.155. The maximum absolute atomic E-state index is 9.02. The van der Waals surface area contributed by atoms with Crippen molar-refractivity contribution in [3.8, 4) is 0 Å². The number of hydrogen-bond acceptors (Lipinski definition) is 2. The monoisotopic (exact) mass is 257 g/mol. The molecular formula is C11H16BrNO. The number of nitrogens with two attached hydrogens (primary N) is 1. The lowest BCUT2D eigenvalue weighted by molar-refractivity contribution is 0.230. The molecule has 1 aromatic carbocycles. The van der Waals surface area contributed by atoms with Gasteiger partial charge in [0.2, 0.25) is 0 Å². The lowest BCUT2D eigenvalue weighted by Gasteiger charge is -2.11. The fourth-order valence-corrected chi connectivity index (χ4v) is 1.75. The van der Waals surface area contributed by atoms with Crippen LogP contribution in [0.5, 0.6) is 0 Å². The molecule has 0 fully saturated rings. The van der Waals surface area contributed by atoms with E-state index in [1.807, 2.05) is 0 Å². The quantitative estimate of drug-likeness (QED) is 0.866. The topological polar surface area (TPSA) is 46.2 Å². The smallest absolute Gasteiger partial charge is 0.0474 e. The zero-order valence-corrected chi connectivity index (χ0v) is 9.92. The molecule has 0 saturated heterocycles. The lowest BCUT2D eigenvalue weighted by Crippen LogP contribution is -2.20. The first-order valence-electron chi connectivity index (χ1n) is 4.73. The molecule has 1 aromatic rings. The lowest BCUT2D eigenvalue weighted by atomic mass is 9.99. The molecule has 0 bridgehead atoms. The standard InChI is InChI=1S/C11H16BrNO/c1-8-2-3-9(5-11(8)12)4-10(6-13)7-14/h2-3,5,10,14H,4,6-7,13H2,1H3. The minimum Gasteiger partial charge on any atom is -0.396 e. The number of benzene rings is 1. The number of halogens is 1. The second kappa shape index (κ2) is 5.49. The molecule has 1 atom stereocenters. The van der Waals surface area contributed by atoms with E-state index in [1.165, 1.54) is 11.1 Å². The van der Waals surface area contributed by atoms with E-state index >= 15 is 0 Å². The summed E-state index contributed by atoms with van der Waals surface area (Å²) in [6, 6.07) is 6.25. The first-order valence-corrected chi connectivity index (χ1v) is 5.52. The molecule has 14 heavy (non-hydrogen) atoms. The Morgan fingerprint density at radius 3 is 2.71 bits per heavy atom. The molecular weight excluding hydrogens is 242 g/mol. The Morgan fingerprint density at radius 2 is 2.21 bits per heavy atom. The maximum atomic E-state index is 9.02. The molecule has 78 valence electrons. The Balaban J connectivity index is 2.72. The average Bonchev–Trinajstić information content (AvgIpc) is 2.19. The van der Waals surface area contributed by atoms with E-state index in [4.69, 9.17) is 10.8 Å². The number of aliphatic hydroxyl groups excluding tert-OH is 1. The van der Waals surface area contributed by atoms with E-state index < -0.39 is 0 Å². The molecule has 1 rings (SSSR count). The van der Waals surface area contributed by atoms with Gasteiger partial charge in [-0.1, -0.05) is 28.1 Å². The fourth-order valence-electron chi connectivity index (χ4n) is 1.32. The third-order valence-corrected chi connectivity index (χ3v) is 3.21. The van der Waals surface area contributed by atoms with E-state index in [0.29, 0.717) is 6.54 Å². The van der Waals surface area contributed by atoms with Crippen molar-refractivity contribution >= 4 is 15.9 Å². The minimum absolute atomic E-state index is 0.155. The number of hydrogen-bond donors (Lipinski definition) is 2. The van der Waals surface area contributed by atoms with Crippen LogP contribution in [0.25, 0.3) is 0 Å². The summed E-state index contributed by atoms with van der Waals surface area (Å²) in [5.41, 5.74) is 7.97. The Bertz CT molecular complexity index is 297. The largest absolute Gasteiger partial charge is 0.396 e. The van der Waals surface area contributed by atoms with Crippen LogP contribution in [0.15, 0.2) is 22.7 Å². The summed E-state index contributed by atoms with van der Waals surface area (Å²) in [6.45, 7) is 2.74. The third kappa shape index (κ3) is 3.08. The van der Waals surface area contributed by atoms with Crippen LogP contribution in [0.3, 0.4) is 0 Å². The highest BCUT2D eigenvalue weighted by Gasteiger charge is 2.06. The fraction of sp³-hybridized carbons (Fsp3) is 0.455. The summed E-state index contributed by atoms with van der Waals surface area (Å²) in [7, 11) is 0. The second-order valence-electron chi connectivity index (χ2n) is 3.57. The summed E-state index contributed by atoms with van der Waals surface area (Å²) in [4.78, 5) is 0. The molecule has 2 nitrogen and oxygen atoms in total. The molecule has 0 spiro atoms. The van der Waals surface area contributed by atoms with E-state index in [2.05, 4.69) is 41.1 Å². The number of aliphatic hydroxyl groups is 1. The molecule has 1 unspecified atom stereocenters. The van der Waals surface area contributed by atoms with Gasteiger partial charge in [-0.3, -0.25) is 0 Å². The van der Waals surface area contributed by atoms with Crippen LogP contribution >= 0.6 is 15.9 Å². The van der Waals surface area contributed by atoms with Gasteiger partial charge in [-0.15, -0.1) is 0 Å². The SMILES string of the molecule is Cc1ccc(CC(CN)CO)cc1Br. The van der Waals surface area contributed by atoms with Gasteiger partial charge in [-0.05, 0) is 43.0 Å². The van der Waals surface area contributed by atoms with Gasteiger partial charge in [0.15, 0.2) is 0 Å². The predicted molar refractivity (Wildman–Crippen MR) is 62.2 cm³/mol. The van der Waals surface area contributed by atoms with Gasteiger partial charge in [0.1, 0.15) is 0 Å². The highest BCUT2D eigenvalue weighted by atomic mass is 79.9. The summed E-state index contributed by atoms with van der Waals surface area (Å²) in [5, 5.41) is 9.02. The molecule has 3 N–H and O–H groups in total. The molecule has 0 amide bonds. The van der Waals surface area contributed by atoms with Gasteiger partial charge in [0.05, 0.1) is 0 Å². The Morgan fingerprint density at radius 1 is 1.50 bits per heavy atom. The van der Waals surface area contributed by atoms with Crippen molar-refractivity contribution < 1.29 is 5.11 Å². The highest BCUT2D eigenvalue weighted by Crippen LogP contribution is 2.19. The van der Waals surface area contributed by atoms with Crippen LogP contribution in [0, 0.1) is 12.8 Å². The van der Waals surface area contributed by atoms with E-state index in [-0.39, 0.29) is 12.5 Å². The van der Waals surface area contributed by atoms with Crippen molar-refractivity contribution in [2.45, 2.75) is 13.3 Å². The third-order valence-electron chi connectivity index (χ3n) is 2.35. The van der Waals surface area contributed by atoms with Gasteiger partial charge in [-0.25, -0.2) is 0 Å². The molecule has 0 aromatic heterocycles. The zero-order chi connectivity index (χ0) is 10.6. The van der Waals surface area contributed by atoms with Crippen LogP contribution in [-0.2, 0) is 6.42 Å². The van der Waals surface area contributed by atoms with E-state index in [9.17, 15) is 0 Å². The average molecular weight is 258 g/mol. The molecule has 3 heteroatoms. The maximum Gasteiger partial charge on any atom is 0.0474 e. The molecule has 0 aliphatic heterocycles. The molecule has 0 radical (unpaired) electrons. The van der Waals surface area contributed by atoms with Crippen LogP contribution in [0.1, 0.15) is 11.1 Å². The Hall–Kier alpha value is -0.380. The van der Waals surface area contributed by atoms with E-state index in [0.717, 1.165) is 10.9 Å². The van der Waals surface area contributed by atoms with Gasteiger partial charge in [0.25, 0.3) is 0 Å². The summed E-state index contributed by atoms with van der Waals surface area (Å²) >= 11 is 3.49. The van der Waals surface area contributed by atoms with Gasteiger partial charge >= 0.3 is 0 Å². The predicted octanol–water partition coefficient (Wildman–Crippen LogP) is 1.87. The van der Waals surface area contributed by atoms with Crippen LogP contribution in [-0.4, -0.2) is 18.3 Å². The van der Waals surface area contributed by atoms with Crippen LogP contribution < -0.4 is 5.73 Å². The second-order valence-corrected chi connectivity index (χ2v) is 4.43. The zero-order valence-electron chi connectivity index (χ0n) is 8.33. The van der Waals surface area contributed by atoms with Gasteiger partial charge in [-0.2, -0.15) is 0 Å². The van der Waals surface area contributed by atoms with Crippen molar-refractivity contribution in [1.82, 2.24) is 0 Å². The van der Waals surface area contributed by atoms with Gasteiger partial charge < -0.3 is 10.8 Å². The molecule has 0 heterocycles. The summed E-state index contributed by atoms with van der Waals surface area (Å²) in [6.07, 6.45) is 0.839. The summed E-state index contributed by atoms with van der Waals surface area (Å²) < 4.78 is 1.11. The Kier molecular flexibility index (Phi) is 4.58. The van der Waals surface area contributed by atoms with Crippen molar-refractivity contribution in [2.75, 3.05) is 13.2 Å². The first-order chi connectivity index (χ1) is 6.67. The van der Waals surface area contributed by atoms with Crippen molar-refractivity contribution in [2.24, 2.45) is 11.7 Å². The van der Waals surface area contributed by atoms with Crippen LogP contribution in [0.2, 0.25) is 0 Å². The van der Waals surface area contributed by atoms with Crippen LogP contribution in [0.4, 0.5) is 0 Å². The molecule has 0 saturated carbocycles. The number of rotatable bonds is 4. The highest BCUT2D eigenvalue weighted by molar-refractivity contribution is 9.10.